The first-order valence-corrected chi connectivity index (χ1v) is 5.39. The summed E-state index contributed by atoms with van der Waals surface area (Å²) in [6.45, 7) is 0. The van der Waals surface area contributed by atoms with E-state index < -0.39 is 36.4 Å². The average molecular weight is 264 g/mol. The number of carbonyl (C=O) groups excluding carboxylic acids is 1. The molecular weight excluding hydrogens is 255 g/mol. The van der Waals surface area contributed by atoms with Crippen LogP contribution in [0.15, 0.2) is 18.2 Å². The molecule has 1 aliphatic rings. The molecule has 92 valence electrons. The van der Waals surface area contributed by atoms with Crippen molar-refractivity contribution in [2.24, 2.45) is 5.92 Å². The average Bonchev–Trinajstić information content (AvgIpc) is 2.18. The van der Waals surface area contributed by atoms with Gasteiger partial charge in [-0.3, -0.25) is 4.79 Å². The standard InChI is InChI=1S/C11H9ClF3NO/c12-7-1-2-9(8(13)3-7)16-10(17)6-4-11(14,15)5-6/h1-3,6H,4-5H2,(H,16,17). The van der Waals surface area contributed by atoms with E-state index in [4.69, 9.17) is 11.6 Å². The van der Waals surface area contributed by atoms with Crippen LogP contribution in [-0.4, -0.2) is 11.8 Å². The van der Waals surface area contributed by atoms with Crippen molar-refractivity contribution in [2.45, 2.75) is 18.8 Å². The van der Waals surface area contributed by atoms with Gasteiger partial charge in [0.25, 0.3) is 0 Å². The summed E-state index contributed by atoms with van der Waals surface area (Å²) in [7, 11) is 0. The predicted octanol–water partition coefficient (Wildman–Crippen LogP) is 3.46. The van der Waals surface area contributed by atoms with Gasteiger partial charge in [-0.25, -0.2) is 13.2 Å². The van der Waals surface area contributed by atoms with Gasteiger partial charge in [-0.1, -0.05) is 11.6 Å². The van der Waals surface area contributed by atoms with E-state index in [2.05, 4.69) is 5.32 Å². The fourth-order valence-corrected chi connectivity index (χ4v) is 1.83. The molecule has 0 heterocycles. The Morgan fingerprint density at radius 3 is 2.59 bits per heavy atom. The largest absolute Gasteiger partial charge is 0.323 e. The Labute approximate surface area is 101 Å². The molecule has 0 atom stereocenters. The zero-order valence-corrected chi connectivity index (χ0v) is 9.40. The van der Waals surface area contributed by atoms with Crippen molar-refractivity contribution < 1.29 is 18.0 Å². The monoisotopic (exact) mass is 263 g/mol. The molecule has 1 aromatic carbocycles. The first kappa shape index (κ1) is 12.2. The third-order valence-electron chi connectivity index (χ3n) is 2.65. The Kier molecular flexibility index (Phi) is 3.03. The third kappa shape index (κ3) is 2.72. The molecule has 1 saturated carbocycles. The summed E-state index contributed by atoms with van der Waals surface area (Å²) in [4.78, 5) is 11.5. The van der Waals surface area contributed by atoms with Gasteiger partial charge in [-0.2, -0.15) is 0 Å². The Morgan fingerprint density at radius 2 is 2.06 bits per heavy atom. The molecule has 17 heavy (non-hydrogen) atoms. The van der Waals surface area contributed by atoms with Gasteiger partial charge in [0.2, 0.25) is 11.8 Å². The van der Waals surface area contributed by atoms with Crippen molar-refractivity contribution in [3.63, 3.8) is 0 Å². The summed E-state index contributed by atoms with van der Waals surface area (Å²) >= 11 is 5.54. The lowest BCUT2D eigenvalue weighted by atomic mass is 9.81. The van der Waals surface area contributed by atoms with E-state index in [9.17, 15) is 18.0 Å². The molecule has 0 aromatic heterocycles. The van der Waals surface area contributed by atoms with Crippen molar-refractivity contribution in [3.05, 3.63) is 29.0 Å². The number of anilines is 1. The SMILES string of the molecule is O=C(Nc1ccc(Cl)cc1F)C1CC(F)(F)C1. The summed E-state index contributed by atoms with van der Waals surface area (Å²) in [5.74, 6) is -4.78. The Balaban J connectivity index is 2.00. The number of alkyl halides is 2. The molecular formula is C11H9ClF3NO. The minimum Gasteiger partial charge on any atom is -0.323 e. The predicted molar refractivity (Wildman–Crippen MR) is 57.7 cm³/mol. The van der Waals surface area contributed by atoms with Crippen molar-refractivity contribution in [3.8, 4) is 0 Å². The molecule has 2 nitrogen and oxygen atoms in total. The molecule has 6 heteroatoms. The maximum absolute atomic E-state index is 13.3. The van der Waals surface area contributed by atoms with Crippen LogP contribution in [0.25, 0.3) is 0 Å². The number of amides is 1. The van der Waals surface area contributed by atoms with Gasteiger partial charge < -0.3 is 5.32 Å². The van der Waals surface area contributed by atoms with Crippen LogP contribution in [0.4, 0.5) is 18.9 Å². The van der Waals surface area contributed by atoms with Crippen LogP contribution in [-0.2, 0) is 4.79 Å². The highest BCUT2D eigenvalue weighted by molar-refractivity contribution is 6.30. The molecule has 1 aromatic rings. The van der Waals surface area contributed by atoms with Crippen LogP contribution in [0.5, 0.6) is 0 Å². The number of hydrogen-bond donors (Lipinski definition) is 1. The number of benzene rings is 1. The maximum atomic E-state index is 13.3. The molecule has 0 radical (unpaired) electrons. The maximum Gasteiger partial charge on any atom is 0.249 e. The van der Waals surface area contributed by atoms with Crippen molar-refractivity contribution >= 4 is 23.2 Å². The lowest BCUT2D eigenvalue weighted by Gasteiger charge is -2.33. The Hall–Kier alpha value is -1.23. The number of rotatable bonds is 2. The zero-order valence-electron chi connectivity index (χ0n) is 8.64. The van der Waals surface area contributed by atoms with E-state index in [1.807, 2.05) is 0 Å². The molecule has 1 aliphatic carbocycles. The van der Waals surface area contributed by atoms with Crippen LogP contribution in [0.2, 0.25) is 5.02 Å². The minimum absolute atomic E-state index is 0.0467. The van der Waals surface area contributed by atoms with Crippen molar-refractivity contribution in [1.82, 2.24) is 0 Å². The molecule has 0 aliphatic heterocycles. The smallest absolute Gasteiger partial charge is 0.249 e. The molecule has 0 spiro atoms. The van der Waals surface area contributed by atoms with Gasteiger partial charge in [0.1, 0.15) is 5.82 Å². The highest BCUT2D eigenvalue weighted by Crippen LogP contribution is 2.42. The fraction of sp³-hybridized carbons (Fsp3) is 0.364. The summed E-state index contributed by atoms with van der Waals surface area (Å²) in [5, 5.41) is 2.48. The number of hydrogen-bond acceptors (Lipinski definition) is 1. The van der Waals surface area contributed by atoms with E-state index in [1.54, 1.807) is 0 Å². The second kappa shape index (κ2) is 4.22. The molecule has 1 N–H and O–H groups in total. The first-order chi connectivity index (χ1) is 7.87. The molecule has 2 rings (SSSR count). The van der Waals surface area contributed by atoms with Crippen molar-refractivity contribution in [1.29, 1.82) is 0 Å². The van der Waals surface area contributed by atoms with E-state index in [0.29, 0.717) is 0 Å². The van der Waals surface area contributed by atoms with Crippen LogP contribution < -0.4 is 5.32 Å². The minimum atomic E-state index is -2.76. The number of nitrogens with one attached hydrogen (secondary N) is 1. The molecule has 0 bridgehead atoms. The highest BCUT2D eigenvalue weighted by atomic mass is 35.5. The van der Waals surface area contributed by atoms with Crippen LogP contribution in [0, 0.1) is 11.7 Å². The molecule has 0 saturated heterocycles. The van der Waals surface area contributed by atoms with Crippen LogP contribution >= 0.6 is 11.6 Å². The summed E-state index contributed by atoms with van der Waals surface area (Å²) in [6.07, 6.45) is -0.956. The van der Waals surface area contributed by atoms with E-state index in [1.165, 1.54) is 12.1 Å². The summed E-state index contributed by atoms with van der Waals surface area (Å²) in [5.41, 5.74) is -0.0467. The third-order valence-corrected chi connectivity index (χ3v) is 2.88. The second-order valence-electron chi connectivity index (χ2n) is 4.07. The molecule has 1 amide bonds. The Morgan fingerprint density at radius 1 is 1.41 bits per heavy atom. The van der Waals surface area contributed by atoms with Gasteiger partial charge in [0, 0.05) is 23.8 Å². The second-order valence-corrected chi connectivity index (χ2v) is 4.51. The van der Waals surface area contributed by atoms with Crippen molar-refractivity contribution in [2.75, 3.05) is 5.32 Å². The normalized spacial score (nSPS) is 18.6. The zero-order chi connectivity index (χ0) is 12.6. The number of carbonyl (C=O) groups is 1. The summed E-state index contributed by atoms with van der Waals surface area (Å²) < 4.78 is 38.4. The Bertz CT molecular complexity index is 456. The van der Waals surface area contributed by atoms with Gasteiger partial charge >= 0.3 is 0 Å². The fourth-order valence-electron chi connectivity index (χ4n) is 1.67. The molecule has 1 fully saturated rings. The van der Waals surface area contributed by atoms with Crippen LogP contribution in [0.1, 0.15) is 12.8 Å². The van der Waals surface area contributed by atoms with E-state index >= 15 is 0 Å². The molecule has 0 unspecified atom stereocenters. The topological polar surface area (TPSA) is 29.1 Å². The lowest BCUT2D eigenvalue weighted by molar-refractivity contribution is -0.145. The van der Waals surface area contributed by atoms with Gasteiger partial charge in [-0.15, -0.1) is 0 Å². The lowest BCUT2D eigenvalue weighted by Crippen LogP contribution is -2.42. The van der Waals surface area contributed by atoms with Gasteiger partial charge in [0.05, 0.1) is 5.69 Å². The van der Waals surface area contributed by atoms with E-state index in [-0.39, 0.29) is 10.7 Å². The highest BCUT2D eigenvalue weighted by Gasteiger charge is 2.48. The first-order valence-electron chi connectivity index (χ1n) is 5.01. The van der Waals surface area contributed by atoms with E-state index in [0.717, 1.165) is 6.07 Å². The number of halogens is 4. The quantitative estimate of drug-likeness (QED) is 0.870. The van der Waals surface area contributed by atoms with Crippen LogP contribution in [0.3, 0.4) is 0 Å². The summed E-state index contributed by atoms with van der Waals surface area (Å²) in [6, 6.07) is 3.76. The van der Waals surface area contributed by atoms with Gasteiger partial charge in [-0.05, 0) is 18.2 Å². The van der Waals surface area contributed by atoms with Gasteiger partial charge in [0.15, 0.2) is 0 Å².